The van der Waals surface area contributed by atoms with Crippen LogP contribution >= 0.6 is 11.6 Å². The Morgan fingerprint density at radius 2 is 1.77 bits per heavy atom. The van der Waals surface area contributed by atoms with Gasteiger partial charge in [0.05, 0.1) is 0 Å². The standard InChI is InChI=1S/C7H2BClF2O2/c8-3-1-5-6(2-4(3)9)13-7(10,11)12-5/h1-2H. The maximum Gasteiger partial charge on any atom is 0.586 e. The summed E-state index contributed by atoms with van der Waals surface area (Å²) in [5.74, 6) is -0.212. The van der Waals surface area contributed by atoms with Crippen LogP contribution in [0.5, 0.6) is 11.5 Å². The lowest BCUT2D eigenvalue weighted by atomic mass is 9.96. The fourth-order valence-corrected chi connectivity index (χ4v) is 1.14. The van der Waals surface area contributed by atoms with Gasteiger partial charge in [-0.3, -0.25) is 0 Å². The lowest BCUT2D eigenvalue weighted by Crippen LogP contribution is -2.26. The molecule has 1 heterocycles. The first-order valence-electron chi connectivity index (χ1n) is 3.33. The predicted molar refractivity (Wildman–Crippen MR) is 43.0 cm³/mol. The summed E-state index contributed by atoms with van der Waals surface area (Å²) in [4.78, 5) is 0. The van der Waals surface area contributed by atoms with E-state index >= 15 is 0 Å². The molecule has 0 spiro atoms. The van der Waals surface area contributed by atoms with Crippen LogP contribution in [-0.2, 0) is 0 Å². The van der Waals surface area contributed by atoms with Gasteiger partial charge in [0.15, 0.2) is 11.5 Å². The van der Waals surface area contributed by atoms with Crippen LogP contribution in [0.2, 0.25) is 5.02 Å². The number of rotatable bonds is 0. The molecule has 0 bridgehead atoms. The van der Waals surface area contributed by atoms with Gasteiger partial charge in [0.1, 0.15) is 7.85 Å². The summed E-state index contributed by atoms with van der Waals surface area (Å²) in [7, 11) is 5.37. The number of benzene rings is 1. The number of alkyl halides is 2. The normalized spacial score (nSPS) is 17.5. The van der Waals surface area contributed by atoms with E-state index in [1.165, 1.54) is 12.1 Å². The van der Waals surface area contributed by atoms with Crippen LogP contribution in [0, 0.1) is 0 Å². The highest BCUT2D eigenvalue weighted by atomic mass is 35.5. The molecule has 0 saturated carbocycles. The average molecular weight is 202 g/mol. The molecule has 0 N–H and O–H groups in total. The van der Waals surface area contributed by atoms with Crippen LogP contribution in [0.25, 0.3) is 0 Å². The minimum atomic E-state index is -3.63. The number of fused-ring (bicyclic) bond motifs is 1. The number of hydrogen-bond acceptors (Lipinski definition) is 2. The Bertz CT molecular complexity index is 337. The molecule has 0 aromatic heterocycles. The number of halogens is 3. The molecule has 0 aliphatic carbocycles. The molecule has 1 aromatic carbocycles. The number of ether oxygens (including phenoxy) is 2. The molecule has 0 atom stereocenters. The monoisotopic (exact) mass is 202 g/mol. The Kier molecular flexibility index (Phi) is 1.67. The van der Waals surface area contributed by atoms with E-state index in [-0.39, 0.29) is 22.0 Å². The van der Waals surface area contributed by atoms with Crippen molar-refractivity contribution in [3.8, 4) is 11.5 Å². The Hall–Kier alpha value is -0.965. The molecule has 0 saturated heterocycles. The zero-order chi connectivity index (χ0) is 9.64. The third-order valence-electron chi connectivity index (χ3n) is 1.52. The van der Waals surface area contributed by atoms with Crippen LogP contribution in [0.3, 0.4) is 0 Å². The summed E-state index contributed by atoms with van der Waals surface area (Å²) >= 11 is 5.58. The Balaban J connectivity index is 2.48. The van der Waals surface area contributed by atoms with E-state index in [0.29, 0.717) is 0 Å². The van der Waals surface area contributed by atoms with Crippen LogP contribution in [0.4, 0.5) is 8.78 Å². The van der Waals surface area contributed by atoms with E-state index in [0.717, 1.165) is 0 Å². The van der Waals surface area contributed by atoms with Gasteiger partial charge in [-0.1, -0.05) is 17.1 Å². The molecule has 1 aliphatic heterocycles. The minimum Gasteiger partial charge on any atom is -0.395 e. The maximum atomic E-state index is 12.5. The topological polar surface area (TPSA) is 18.5 Å². The Morgan fingerprint density at radius 1 is 1.23 bits per heavy atom. The average Bonchev–Trinajstić information content (AvgIpc) is 2.24. The van der Waals surface area contributed by atoms with Crippen LogP contribution in [0.15, 0.2) is 12.1 Å². The highest BCUT2D eigenvalue weighted by Crippen LogP contribution is 2.41. The quantitative estimate of drug-likeness (QED) is 0.593. The van der Waals surface area contributed by atoms with Crippen molar-refractivity contribution in [3.63, 3.8) is 0 Å². The summed E-state index contributed by atoms with van der Waals surface area (Å²) in [5, 5.41) is 0.153. The minimum absolute atomic E-state index is 0.105. The van der Waals surface area contributed by atoms with E-state index < -0.39 is 6.29 Å². The Morgan fingerprint density at radius 3 is 2.38 bits per heavy atom. The second kappa shape index (κ2) is 2.51. The SMILES string of the molecule is [B]c1cc2c(cc1Cl)OC(F)(F)O2. The van der Waals surface area contributed by atoms with Crippen molar-refractivity contribution in [1.82, 2.24) is 0 Å². The molecular formula is C7H2BClF2O2. The third kappa shape index (κ3) is 1.44. The van der Waals surface area contributed by atoms with Gasteiger partial charge in [0.25, 0.3) is 0 Å². The molecule has 2 nitrogen and oxygen atoms in total. The Labute approximate surface area is 78.8 Å². The molecule has 1 aliphatic rings. The summed E-state index contributed by atoms with van der Waals surface area (Å²) in [6.07, 6.45) is -3.63. The summed E-state index contributed by atoms with van der Waals surface area (Å²) in [6, 6.07) is 2.38. The zero-order valence-corrected chi connectivity index (χ0v) is 6.94. The van der Waals surface area contributed by atoms with Crippen molar-refractivity contribution < 1.29 is 18.3 Å². The molecule has 0 unspecified atom stereocenters. The van der Waals surface area contributed by atoms with Crippen molar-refractivity contribution in [2.75, 3.05) is 0 Å². The first-order valence-corrected chi connectivity index (χ1v) is 3.70. The van der Waals surface area contributed by atoms with Crippen molar-refractivity contribution >= 4 is 24.9 Å². The zero-order valence-electron chi connectivity index (χ0n) is 6.18. The predicted octanol–water partition coefficient (Wildman–Crippen LogP) is 1.46. The fourth-order valence-electron chi connectivity index (χ4n) is 0.987. The van der Waals surface area contributed by atoms with Crippen molar-refractivity contribution in [3.05, 3.63) is 17.2 Å². The van der Waals surface area contributed by atoms with E-state index in [1.807, 2.05) is 0 Å². The third-order valence-corrected chi connectivity index (χ3v) is 1.85. The highest BCUT2D eigenvalue weighted by Gasteiger charge is 2.43. The molecule has 2 radical (unpaired) electrons. The summed E-state index contributed by atoms with van der Waals surface area (Å²) in [6.45, 7) is 0. The van der Waals surface area contributed by atoms with Crippen LogP contribution in [0.1, 0.15) is 0 Å². The highest BCUT2D eigenvalue weighted by molar-refractivity contribution is 6.45. The second-order valence-electron chi connectivity index (χ2n) is 2.49. The molecular weight excluding hydrogens is 200 g/mol. The van der Waals surface area contributed by atoms with Crippen molar-refractivity contribution in [2.45, 2.75) is 6.29 Å². The first-order chi connectivity index (χ1) is 5.98. The van der Waals surface area contributed by atoms with E-state index in [1.54, 1.807) is 0 Å². The van der Waals surface area contributed by atoms with E-state index in [9.17, 15) is 8.78 Å². The largest absolute Gasteiger partial charge is 0.586 e. The van der Waals surface area contributed by atoms with Gasteiger partial charge < -0.3 is 9.47 Å². The molecule has 0 fully saturated rings. The van der Waals surface area contributed by atoms with Crippen molar-refractivity contribution in [2.24, 2.45) is 0 Å². The second-order valence-corrected chi connectivity index (χ2v) is 2.90. The van der Waals surface area contributed by atoms with Gasteiger partial charge in [-0.25, -0.2) is 0 Å². The van der Waals surface area contributed by atoms with Gasteiger partial charge in [-0.2, -0.15) is 0 Å². The fraction of sp³-hybridized carbons (Fsp3) is 0.143. The van der Waals surface area contributed by atoms with Gasteiger partial charge in [-0.05, 0) is 6.07 Å². The first kappa shape index (κ1) is 8.63. The van der Waals surface area contributed by atoms with Gasteiger partial charge in [0.2, 0.25) is 0 Å². The molecule has 6 heteroatoms. The molecule has 0 amide bonds. The summed E-state index contributed by atoms with van der Waals surface area (Å²) < 4.78 is 33.2. The molecule has 66 valence electrons. The smallest absolute Gasteiger partial charge is 0.395 e. The van der Waals surface area contributed by atoms with E-state index in [4.69, 9.17) is 19.4 Å². The number of hydrogen-bond donors (Lipinski definition) is 0. The molecule has 13 heavy (non-hydrogen) atoms. The van der Waals surface area contributed by atoms with E-state index in [2.05, 4.69) is 9.47 Å². The van der Waals surface area contributed by atoms with Gasteiger partial charge in [-0.15, -0.1) is 8.78 Å². The van der Waals surface area contributed by atoms with Gasteiger partial charge >= 0.3 is 6.29 Å². The molecule has 2 rings (SSSR count). The lowest BCUT2D eigenvalue weighted by molar-refractivity contribution is -0.286. The summed E-state index contributed by atoms with van der Waals surface area (Å²) in [5.41, 5.74) is 0.168. The maximum absolute atomic E-state index is 12.5. The van der Waals surface area contributed by atoms with Gasteiger partial charge in [0, 0.05) is 11.1 Å². The van der Waals surface area contributed by atoms with Crippen LogP contribution in [-0.4, -0.2) is 14.1 Å². The molecule has 1 aromatic rings. The van der Waals surface area contributed by atoms with Crippen LogP contribution < -0.4 is 14.9 Å². The lowest BCUT2D eigenvalue weighted by Gasteiger charge is -2.04. The van der Waals surface area contributed by atoms with Crippen molar-refractivity contribution in [1.29, 1.82) is 0 Å².